The molecule has 0 bridgehead atoms. The highest BCUT2D eigenvalue weighted by Crippen LogP contribution is 2.44. The van der Waals surface area contributed by atoms with Crippen LogP contribution < -0.4 is 0 Å². The summed E-state index contributed by atoms with van der Waals surface area (Å²) in [4.78, 5) is 11.6. The Morgan fingerprint density at radius 2 is 1.88 bits per heavy atom. The molecule has 0 radical (unpaired) electrons. The van der Waals surface area contributed by atoms with Gasteiger partial charge < -0.3 is 5.11 Å². The fourth-order valence-electron chi connectivity index (χ4n) is 3.11. The number of carboxylic acids is 1. The first-order valence-electron chi connectivity index (χ1n) is 5.98. The lowest BCUT2D eigenvalue weighted by atomic mass is 9.75. The zero-order valence-corrected chi connectivity index (χ0v) is 10.2. The molecule has 1 N–H and O–H groups in total. The molecule has 2 nitrogen and oxygen atoms in total. The van der Waals surface area contributed by atoms with Crippen molar-refractivity contribution in [2.24, 2.45) is 0 Å². The van der Waals surface area contributed by atoms with E-state index in [-0.39, 0.29) is 5.82 Å². The van der Waals surface area contributed by atoms with Crippen molar-refractivity contribution in [1.29, 1.82) is 0 Å². The molecule has 0 amide bonds. The molecular formula is C14H17FO2. The van der Waals surface area contributed by atoms with Gasteiger partial charge in [0.05, 0.1) is 5.41 Å². The van der Waals surface area contributed by atoms with Gasteiger partial charge in [0.25, 0.3) is 0 Å². The monoisotopic (exact) mass is 236 g/mol. The molecule has 0 unspecified atom stereocenters. The Bertz CT molecular complexity index is 460. The van der Waals surface area contributed by atoms with Gasteiger partial charge in [0.2, 0.25) is 0 Å². The van der Waals surface area contributed by atoms with E-state index in [0.29, 0.717) is 24.0 Å². The Labute approximate surface area is 100 Å². The van der Waals surface area contributed by atoms with Crippen LogP contribution in [0.3, 0.4) is 0 Å². The average molecular weight is 236 g/mol. The van der Waals surface area contributed by atoms with E-state index in [1.807, 2.05) is 6.92 Å². The van der Waals surface area contributed by atoms with E-state index < -0.39 is 11.4 Å². The van der Waals surface area contributed by atoms with Crippen LogP contribution in [-0.4, -0.2) is 11.1 Å². The molecule has 2 rings (SSSR count). The Hall–Kier alpha value is -1.38. The van der Waals surface area contributed by atoms with E-state index >= 15 is 0 Å². The maximum Gasteiger partial charge on any atom is 0.314 e. The van der Waals surface area contributed by atoms with E-state index in [1.165, 1.54) is 6.07 Å². The molecule has 1 aromatic rings. The fraction of sp³-hybridized carbons (Fsp3) is 0.500. The molecule has 0 aromatic heterocycles. The molecule has 1 aliphatic rings. The van der Waals surface area contributed by atoms with Gasteiger partial charge in [-0.2, -0.15) is 0 Å². The Balaban J connectivity index is 2.66. The van der Waals surface area contributed by atoms with E-state index in [2.05, 4.69) is 0 Å². The minimum atomic E-state index is -0.865. The third-order valence-corrected chi connectivity index (χ3v) is 3.95. The Morgan fingerprint density at radius 3 is 2.41 bits per heavy atom. The van der Waals surface area contributed by atoms with Gasteiger partial charge >= 0.3 is 5.97 Å². The van der Waals surface area contributed by atoms with Crippen LogP contribution in [-0.2, 0) is 10.2 Å². The molecule has 0 heterocycles. The summed E-state index contributed by atoms with van der Waals surface area (Å²) in [5, 5.41) is 9.53. The van der Waals surface area contributed by atoms with Crippen LogP contribution in [0, 0.1) is 19.7 Å². The molecule has 0 spiro atoms. The van der Waals surface area contributed by atoms with Crippen molar-refractivity contribution in [3.05, 3.63) is 34.6 Å². The van der Waals surface area contributed by atoms with E-state index in [0.717, 1.165) is 18.4 Å². The number of halogens is 1. The maximum absolute atomic E-state index is 13.7. The van der Waals surface area contributed by atoms with Crippen LogP contribution in [0.15, 0.2) is 12.1 Å². The molecule has 1 fully saturated rings. The quantitative estimate of drug-likeness (QED) is 0.855. The number of benzene rings is 1. The molecule has 1 saturated carbocycles. The first-order valence-corrected chi connectivity index (χ1v) is 5.98. The normalized spacial score (nSPS) is 18.3. The highest BCUT2D eigenvalue weighted by atomic mass is 19.1. The number of aryl methyl sites for hydroxylation is 1. The third kappa shape index (κ3) is 1.74. The van der Waals surface area contributed by atoms with Gasteiger partial charge in [-0.05, 0) is 49.4 Å². The van der Waals surface area contributed by atoms with Crippen LogP contribution in [0.4, 0.5) is 4.39 Å². The first kappa shape index (κ1) is 12.1. The zero-order chi connectivity index (χ0) is 12.6. The molecule has 0 aliphatic heterocycles. The number of hydrogen-bond acceptors (Lipinski definition) is 1. The Kier molecular flexibility index (Phi) is 2.94. The molecular weight excluding hydrogens is 219 g/mol. The molecule has 1 aliphatic carbocycles. The number of rotatable bonds is 2. The fourth-order valence-corrected chi connectivity index (χ4v) is 3.11. The molecule has 92 valence electrons. The summed E-state index contributed by atoms with van der Waals surface area (Å²) in [5.74, 6) is -1.12. The summed E-state index contributed by atoms with van der Waals surface area (Å²) in [7, 11) is 0. The van der Waals surface area contributed by atoms with Crippen molar-refractivity contribution >= 4 is 5.97 Å². The van der Waals surface area contributed by atoms with Crippen molar-refractivity contribution in [3.8, 4) is 0 Å². The lowest BCUT2D eigenvalue weighted by Gasteiger charge is -2.28. The molecule has 17 heavy (non-hydrogen) atoms. The lowest BCUT2D eigenvalue weighted by molar-refractivity contribution is -0.143. The highest BCUT2D eigenvalue weighted by Gasteiger charge is 2.45. The average Bonchev–Trinajstić information content (AvgIpc) is 2.74. The number of hydrogen-bond donors (Lipinski definition) is 1. The van der Waals surface area contributed by atoms with Crippen LogP contribution in [0.5, 0.6) is 0 Å². The molecule has 0 atom stereocenters. The zero-order valence-electron chi connectivity index (χ0n) is 10.2. The molecule has 0 saturated heterocycles. The largest absolute Gasteiger partial charge is 0.481 e. The number of aliphatic carboxylic acids is 1. The van der Waals surface area contributed by atoms with Crippen molar-refractivity contribution < 1.29 is 14.3 Å². The smallest absolute Gasteiger partial charge is 0.314 e. The van der Waals surface area contributed by atoms with Gasteiger partial charge in [-0.25, -0.2) is 4.39 Å². The van der Waals surface area contributed by atoms with Gasteiger partial charge in [-0.3, -0.25) is 4.79 Å². The highest BCUT2D eigenvalue weighted by molar-refractivity contribution is 5.83. The van der Waals surface area contributed by atoms with Gasteiger partial charge in [0, 0.05) is 0 Å². The number of carbonyl (C=O) groups is 1. The van der Waals surface area contributed by atoms with Crippen molar-refractivity contribution in [2.75, 3.05) is 0 Å². The van der Waals surface area contributed by atoms with Gasteiger partial charge in [-0.15, -0.1) is 0 Å². The van der Waals surface area contributed by atoms with Crippen LogP contribution in [0.1, 0.15) is 42.4 Å². The summed E-state index contributed by atoms with van der Waals surface area (Å²) in [6.45, 7) is 3.55. The summed E-state index contributed by atoms with van der Waals surface area (Å²) >= 11 is 0. The predicted octanol–water partition coefficient (Wildman–Crippen LogP) is 3.34. The van der Waals surface area contributed by atoms with E-state index in [1.54, 1.807) is 13.0 Å². The van der Waals surface area contributed by atoms with Crippen LogP contribution in [0.2, 0.25) is 0 Å². The predicted molar refractivity (Wildman–Crippen MR) is 63.7 cm³/mol. The second kappa shape index (κ2) is 4.13. The third-order valence-electron chi connectivity index (χ3n) is 3.95. The minimum Gasteiger partial charge on any atom is -0.481 e. The van der Waals surface area contributed by atoms with Gasteiger partial charge in [-0.1, -0.05) is 18.9 Å². The second-order valence-corrected chi connectivity index (χ2v) is 4.96. The standard InChI is InChI=1S/C14H17FO2/c1-9-5-6-11(15)10(2)12(9)14(13(16)17)7-3-4-8-14/h5-6H,3-4,7-8H2,1-2H3,(H,16,17). The molecule has 1 aromatic carbocycles. The van der Waals surface area contributed by atoms with Crippen molar-refractivity contribution in [1.82, 2.24) is 0 Å². The minimum absolute atomic E-state index is 0.307. The van der Waals surface area contributed by atoms with Crippen LogP contribution >= 0.6 is 0 Å². The van der Waals surface area contributed by atoms with Gasteiger partial charge in [0.15, 0.2) is 0 Å². The molecule has 3 heteroatoms. The maximum atomic E-state index is 13.7. The topological polar surface area (TPSA) is 37.3 Å². The summed E-state index contributed by atoms with van der Waals surface area (Å²) < 4.78 is 13.7. The second-order valence-electron chi connectivity index (χ2n) is 4.96. The Morgan fingerprint density at radius 1 is 1.29 bits per heavy atom. The van der Waals surface area contributed by atoms with Gasteiger partial charge in [0.1, 0.15) is 5.82 Å². The van der Waals surface area contributed by atoms with E-state index in [9.17, 15) is 14.3 Å². The summed E-state index contributed by atoms with van der Waals surface area (Å²) in [6, 6.07) is 3.10. The van der Waals surface area contributed by atoms with Crippen molar-refractivity contribution in [2.45, 2.75) is 44.9 Å². The summed E-state index contributed by atoms with van der Waals surface area (Å²) in [5.41, 5.74) is 1.21. The first-order chi connectivity index (χ1) is 7.99. The van der Waals surface area contributed by atoms with Crippen LogP contribution in [0.25, 0.3) is 0 Å². The SMILES string of the molecule is Cc1ccc(F)c(C)c1C1(C(=O)O)CCCC1. The number of carboxylic acid groups (broad SMARTS) is 1. The summed E-state index contributed by atoms with van der Waals surface area (Å²) in [6.07, 6.45) is 3.05. The van der Waals surface area contributed by atoms with E-state index in [4.69, 9.17) is 0 Å². The van der Waals surface area contributed by atoms with Crippen molar-refractivity contribution in [3.63, 3.8) is 0 Å². The lowest BCUT2D eigenvalue weighted by Crippen LogP contribution is -2.34.